The van der Waals surface area contributed by atoms with Crippen LogP contribution in [-0.4, -0.2) is 31.0 Å². The molecule has 8 heteroatoms. The van der Waals surface area contributed by atoms with Crippen LogP contribution in [0.1, 0.15) is 20.7 Å². The van der Waals surface area contributed by atoms with Gasteiger partial charge in [0.25, 0.3) is 11.8 Å². The number of benzene rings is 1. The van der Waals surface area contributed by atoms with Crippen LogP contribution in [0, 0.1) is 0 Å². The van der Waals surface area contributed by atoms with Gasteiger partial charge in [0.1, 0.15) is 11.3 Å². The van der Waals surface area contributed by atoms with E-state index in [2.05, 4.69) is 10.3 Å². The lowest BCUT2D eigenvalue weighted by Crippen LogP contribution is -2.16. The van der Waals surface area contributed by atoms with Crippen molar-refractivity contribution in [3.05, 3.63) is 46.6 Å². The number of halogens is 1. The van der Waals surface area contributed by atoms with E-state index in [-0.39, 0.29) is 11.4 Å². The SMILES string of the molecule is COc1cc(C(=O)Nc2cnc(OC)c(C(N)=O)c2)ccc1Cl. The number of rotatable bonds is 5. The monoisotopic (exact) mass is 335 g/mol. The number of carbonyl (C=O) groups is 2. The van der Waals surface area contributed by atoms with Crippen molar-refractivity contribution >= 4 is 29.1 Å². The molecule has 0 spiro atoms. The van der Waals surface area contributed by atoms with E-state index in [1.165, 1.54) is 32.5 Å². The van der Waals surface area contributed by atoms with Gasteiger partial charge < -0.3 is 20.5 Å². The second-order valence-electron chi connectivity index (χ2n) is 4.45. The largest absolute Gasteiger partial charge is 0.495 e. The van der Waals surface area contributed by atoms with Crippen molar-refractivity contribution < 1.29 is 19.1 Å². The lowest BCUT2D eigenvalue weighted by Gasteiger charge is -2.10. The van der Waals surface area contributed by atoms with Gasteiger partial charge >= 0.3 is 0 Å². The fraction of sp³-hybridized carbons (Fsp3) is 0.133. The molecule has 0 fully saturated rings. The maximum Gasteiger partial charge on any atom is 0.255 e. The zero-order valence-electron chi connectivity index (χ0n) is 12.4. The summed E-state index contributed by atoms with van der Waals surface area (Å²) in [5.74, 6) is -0.658. The Morgan fingerprint density at radius 1 is 1.22 bits per heavy atom. The molecule has 2 aromatic rings. The van der Waals surface area contributed by atoms with Crippen LogP contribution < -0.4 is 20.5 Å². The summed E-state index contributed by atoms with van der Waals surface area (Å²) in [7, 11) is 2.82. The number of amides is 2. The number of aromatic nitrogens is 1. The van der Waals surface area contributed by atoms with Crippen LogP contribution in [0.25, 0.3) is 0 Å². The van der Waals surface area contributed by atoms with E-state index in [0.29, 0.717) is 22.0 Å². The highest BCUT2D eigenvalue weighted by molar-refractivity contribution is 6.32. The normalized spacial score (nSPS) is 10.0. The number of nitrogens with two attached hydrogens (primary N) is 1. The number of methoxy groups -OCH3 is 2. The number of carbonyl (C=O) groups excluding carboxylic acids is 2. The lowest BCUT2D eigenvalue weighted by atomic mass is 10.2. The zero-order valence-corrected chi connectivity index (χ0v) is 13.2. The third-order valence-corrected chi connectivity index (χ3v) is 3.29. The first kappa shape index (κ1) is 16.6. The Hall–Kier alpha value is -2.80. The quantitative estimate of drug-likeness (QED) is 0.870. The fourth-order valence-corrected chi connectivity index (χ4v) is 2.06. The van der Waals surface area contributed by atoms with Crippen LogP contribution in [0.3, 0.4) is 0 Å². The molecule has 7 nitrogen and oxygen atoms in total. The highest BCUT2D eigenvalue weighted by Crippen LogP contribution is 2.26. The predicted molar refractivity (Wildman–Crippen MR) is 85.3 cm³/mol. The number of primary amides is 1. The molecule has 0 radical (unpaired) electrons. The smallest absolute Gasteiger partial charge is 0.255 e. The van der Waals surface area contributed by atoms with Gasteiger partial charge in [0.05, 0.1) is 31.1 Å². The van der Waals surface area contributed by atoms with Crippen molar-refractivity contribution in [3.63, 3.8) is 0 Å². The first-order valence-electron chi connectivity index (χ1n) is 6.45. The maximum absolute atomic E-state index is 12.2. The topological polar surface area (TPSA) is 104 Å². The average Bonchev–Trinajstić information content (AvgIpc) is 2.55. The van der Waals surface area contributed by atoms with Gasteiger partial charge in [-0.05, 0) is 24.3 Å². The van der Waals surface area contributed by atoms with Crippen LogP contribution >= 0.6 is 11.6 Å². The second-order valence-corrected chi connectivity index (χ2v) is 4.86. The molecule has 0 aliphatic rings. The van der Waals surface area contributed by atoms with Gasteiger partial charge in [0.2, 0.25) is 5.88 Å². The summed E-state index contributed by atoms with van der Waals surface area (Å²) in [5, 5.41) is 3.01. The van der Waals surface area contributed by atoms with E-state index in [1.54, 1.807) is 12.1 Å². The van der Waals surface area contributed by atoms with E-state index < -0.39 is 11.8 Å². The number of hydrogen-bond acceptors (Lipinski definition) is 5. The van der Waals surface area contributed by atoms with Crippen LogP contribution in [0.5, 0.6) is 11.6 Å². The first-order valence-corrected chi connectivity index (χ1v) is 6.82. The molecule has 0 aliphatic carbocycles. The first-order chi connectivity index (χ1) is 11.0. The molecular weight excluding hydrogens is 322 g/mol. The summed E-state index contributed by atoms with van der Waals surface area (Å²) in [5.41, 5.74) is 5.96. The second kappa shape index (κ2) is 6.97. The highest BCUT2D eigenvalue weighted by atomic mass is 35.5. The van der Waals surface area contributed by atoms with Crippen molar-refractivity contribution in [2.45, 2.75) is 0 Å². The Balaban J connectivity index is 2.26. The molecule has 1 aromatic carbocycles. The van der Waals surface area contributed by atoms with Crippen molar-refractivity contribution in [1.82, 2.24) is 4.98 Å². The summed E-state index contributed by atoms with van der Waals surface area (Å²) < 4.78 is 10.0. The third kappa shape index (κ3) is 3.70. The van der Waals surface area contributed by atoms with Crippen molar-refractivity contribution in [2.75, 3.05) is 19.5 Å². The fourth-order valence-electron chi connectivity index (χ4n) is 1.86. The molecule has 0 atom stereocenters. The number of anilines is 1. The van der Waals surface area contributed by atoms with Gasteiger partial charge in [-0.3, -0.25) is 9.59 Å². The predicted octanol–water partition coefficient (Wildman–Crippen LogP) is 2.10. The summed E-state index contributed by atoms with van der Waals surface area (Å²) in [6.07, 6.45) is 1.36. The van der Waals surface area contributed by atoms with E-state index in [4.69, 9.17) is 26.8 Å². The van der Waals surface area contributed by atoms with Gasteiger partial charge in [-0.2, -0.15) is 0 Å². The molecule has 0 bridgehead atoms. The Morgan fingerprint density at radius 2 is 1.96 bits per heavy atom. The van der Waals surface area contributed by atoms with Crippen LogP contribution in [0.2, 0.25) is 5.02 Å². The standard InChI is InChI=1S/C15H14ClN3O4/c1-22-12-5-8(3-4-11(12)16)14(21)19-9-6-10(13(17)20)15(23-2)18-7-9/h3-7H,1-2H3,(H2,17,20)(H,19,21). The minimum atomic E-state index is -0.710. The lowest BCUT2D eigenvalue weighted by molar-refractivity contribution is 0.0992. The molecule has 1 aromatic heterocycles. The maximum atomic E-state index is 12.2. The minimum Gasteiger partial charge on any atom is -0.495 e. The highest BCUT2D eigenvalue weighted by Gasteiger charge is 2.14. The van der Waals surface area contributed by atoms with Crippen molar-refractivity contribution in [3.8, 4) is 11.6 Å². The summed E-state index contributed by atoms with van der Waals surface area (Å²) in [4.78, 5) is 27.5. The van der Waals surface area contributed by atoms with E-state index in [9.17, 15) is 9.59 Å². The van der Waals surface area contributed by atoms with Crippen LogP contribution in [0.15, 0.2) is 30.5 Å². The zero-order chi connectivity index (χ0) is 17.0. The Morgan fingerprint density at radius 3 is 2.57 bits per heavy atom. The van der Waals surface area contributed by atoms with E-state index in [0.717, 1.165) is 0 Å². The molecule has 2 rings (SSSR count). The summed E-state index contributed by atoms with van der Waals surface area (Å²) in [6.45, 7) is 0. The third-order valence-electron chi connectivity index (χ3n) is 2.98. The van der Waals surface area contributed by atoms with Crippen LogP contribution in [0.4, 0.5) is 5.69 Å². The van der Waals surface area contributed by atoms with E-state index >= 15 is 0 Å². The van der Waals surface area contributed by atoms with Gasteiger partial charge in [-0.1, -0.05) is 11.6 Å². The summed E-state index contributed by atoms with van der Waals surface area (Å²) >= 11 is 5.92. The molecule has 3 N–H and O–H groups in total. The van der Waals surface area contributed by atoms with E-state index in [1.807, 2.05) is 0 Å². The molecule has 0 aliphatic heterocycles. The summed E-state index contributed by atoms with van der Waals surface area (Å²) in [6, 6.07) is 5.99. The number of ether oxygens (including phenoxy) is 2. The van der Waals surface area contributed by atoms with Crippen molar-refractivity contribution in [1.29, 1.82) is 0 Å². The Labute approximate surface area is 137 Å². The van der Waals surface area contributed by atoms with Crippen molar-refractivity contribution in [2.24, 2.45) is 5.73 Å². The molecule has 23 heavy (non-hydrogen) atoms. The number of hydrogen-bond donors (Lipinski definition) is 2. The average molecular weight is 336 g/mol. The molecule has 0 unspecified atom stereocenters. The van der Waals surface area contributed by atoms with Gasteiger partial charge in [-0.15, -0.1) is 0 Å². The molecule has 0 saturated carbocycles. The van der Waals surface area contributed by atoms with Gasteiger partial charge in [0, 0.05) is 5.56 Å². The minimum absolute atomic E-state index is 0.0685. The molecule has 0 saturated heterocycles. The Kier molecular flexibility index (Phi) is 5.02. The molecule has 120 valence electrons. The number of pyridine rings is 1. The Bertz CT molecular complexity index is 764. The molecule has 1 heterocycles. The van der Waals surface area contributed by atoms with Gasteiger partial charge in [-0.25, -0.2) is 4.98 Å². The molecule has 2 amide bonds. The van der Waals surface area contributed by atoms with Gasteiger partial charge in [0.15, 0.2) is 0 Å². The number of nitrogens with one attached hydrogen (secondary N) is 1. The molecular formula is C15H14ClN3O4. The number of nitrogens with zero attached hydrogens (tertiary/aromatic N) is 1. The van der Waals surface area contributed by atoms with Crippen LogP contribution in [-0.2, 0) is 0 Å².